The lowest BCUT2D eigenvalue weighted by molar-refractivity contribution is -0.144. The lowest BCUT2D eigenvalue weighted by atomic mass is 10.1. The van der Waals surface area contributed by atoms with Crippen LogP contribution in [0.25, 0.3) is 0 Å². The van der Waals surface area contributed by atoms with E-state index in [1.807, 2.05) is 6.92 Å². The molecule has 19 heavy (non-hydrogen) atoms. The van der Waals surface area contributed by atoms with Crippen molar-refractivity contribution in [2.45, 2.75) is 51.4 Å². The summed E-state index contributed by atoms with van der Waals surface area (Å²) in [5.74, 6) is -0.813. The molecule has 106 valence electrons. The van der Waals surface area contributed by atoms with Crippen molar-refractivity contribution >= 4 is 11.9 Å². The van der Waals surface area contributed by atoms with E-state index >= 15 is 0 Å². The Hall–Kier alpha value is -1.62. The van der Waals surface area contributed by atoms with Crippen LogP contribution in [0.2, 0.25) is 0 Å². The zero-order chi connectivity index (χ0) is 14.3. The van der Waals surface area contributed by atoms with Crippen molar-refractivity contribution in [1.29, 1.82) is 0 Å². The van der Waals surface area contributed by atoms with Crippen molar-refractivity contribution in [3.05, 3.63) is 24.3 Å². The molecular weight excluding hydrogens is 248 g/mol. The Kier molecular flexibility index (Phi) is 6.29. The van der Waals surface area contributed by atoms with Gasteiger partial charge in [0, 0.05) is 13.0 Å². The smallest absolute Gasteiger partial charge is 0.331 e. The van der Waals surface area contributed by atoms with E-state index < -0.39 is 18.2 Å². The molecule has 5 heteroatoms. The molecule has 0 amide bonds. The van der Waals surface area contributed by atoms with E-state index in [0.717, 1.165) is 12.8 Å². The molecule has 1 aliphatic rings. The lowest BCUT2D eigenvalue weighted by Gasteiger charge is -2.15. The second-order valence-electron chi connectivity index (χ2n) is 4.43. The van der Waals surface area contributed by atoms with Gasteiger partial charge in [-0.1, -0.05) is 19.4 Å². The summed E-state index contributed by atoms with van der Waals surface area (Å²) in [7, 11) is 0. The van der Waals surface area contributed by atoms with Gasteiger partial charge in [-0.15, -0.1) is 0 Å². The van der Waals surface area contributed by atoms with Gasteiger partial charge in [-0.2, -0.15) is 0 Å². The maximum absolute atomic E-state index is 11.0. The van der Waals surface area contributed by atoms with Crippen LogP contribution < -0.4 is 0 Å². The fraction of sp³-hybridized carbons (Fsp3) is 0.571. The minimum atomic E-state index is -0.928. The first-order chi connectivity index (χ1) is 9.02. The number of carbonyl (C=O) groups excluding carboxylic acids is 2. The number of aliphatic hydroxyl groups excluding tert-OH is 1. The Morgan fingerprint density at radius 2 is 2.32 bits per heavy atom. The van der Waals surface area contributed by atoms with Gasteiger partial charge in [-0.05, 0) is 25.0 Å². The number of ether oxygens (including phenoxy) is 2. The van der Waals surface area contributed by atoms with Crippen LogP contribution in [0.4, 0.5) is 0 Å². The number of hydrogen-bond acceptors (Lipinski definition) is 5. The van der Waals surface area contributed by atoms with Crippen LogP contribution >= 0.6 is 0 Å². The Morgan fingerprint density at radius 3 is 2.84 bits per heavy atom. The molecule has 3 atom stereocenters. The molecule has 1 rings (SSSR count). The number of rotatable bonds is 7. The van der Waals surface area contributed by atoms with Crippen LogP contribution in [0.1, 0.15) is 33.1 Å². The molecule has 0 unspecified atom stereocenters. The third-order valence-corrected chi connectivity index (χ3v) is 2.69. The summed E-state index contributed by atoms with van der Waals surface area (Å²) in [5.41, 5.74) is 0. The zero-order valence-electron chi connectivity index (χ0n) is 11.2. The lowest BCUT2D eigenvalue weighted by Crippen LogP contribution is -2.24. The Bertz CT molecular complexity index is 372. The van der Waals surface area contributed by atoms with Crippen LogP contribution in [0.5, 0.6) is 0 Å². The number of hydrogen-bond donors (Lipinski definition) is 1. The van der Waals surface area contributed by atoms with E-state index in [1.165, 1.54) is 25.2 Å². The maximum atomic E-state index is 11.0. The standard InChI is InChI=1S/C14H20O5/c1-3-4-5-11(18-10(2)15)6-7-12(16)13-8-9-14(17)19-13/h6-9,11-13,16H,3-5H2,1-2H3/b7-6-/t11-,12-,13-/m0/s1. The molecule has 0 saturated heterocycles. The quantitative estimate of drug-likeness (QED) is 0.559. The number of cyclic esters (lactones) is 1. The number of carbonyl (C=O) groups is 2. The molecule has 0 aliphatic carbocycles. The number of aliphatic hydroxyl groups is 1. The predicted molar refractivity (Wildman–Crippen MR) is 69.2 cm³/mol. The van der Waals surface area contributed by atoms with Gasteiger partial charge >= 0.3 is 11.9 Å². The highest BCUT2D eigenvalue weighted by molar-refractivity contribution is 5.84. The van der Waals surface area contributed by atoms with E-state index in [9.17, 15) is 14.7 Å². The molecule has 0 aromatic heterocycles. The van der Waals surface area contributed by atoms with E-state index in [0.29, 0.717) is 6.42 Å². The Balaban J connectivity index is 2.51. The summed E-state index contributed by atoms with van der Waals surface area (Å²) < 4.78 is 9.98. The molecule has 0 saturated carbocycles. The van der Waals surface area contributed by atoms with Gasteiger partial charge in [0.15, 0.2) is 6.10 Å². The van der Waals surface area contributed by atoms with Crippen LogP contribution in [-0.4, -0.2) is 35.4 Å². The molecule has 1 aliphatic heterocycles. The molecular formula is C14H20O5. The van der Waals surface area contributed by atoms with Crippen LogP contribution in [0, 0.1) is 0 Å². The van der Waals surface area contributed by atoms with Gasteiger partial charge in [-0.25, -0.2) is 4.79 Å². The summed E-state index contributed by atoms with van der Waals surface area (Å²) in [6.45, 7) is 3.40. The monoisotopic (exact) mass is 268 g/mol. The first-order valence-electron chi connectivity index (χ1n) is 6.45. The van der Waals surface area contributed by atoms with Crippen molar-refractivity contribution in [3.8, 4) is 0 Å². The fourth-order valence-electron chi connectivity index (χ4n) is 1.73. The van der Waals surface area contributed by atoms with Gasteiger partial charge in [0.2, 0.25) is 0 Å². The predicted octanol–water partition coefficient (Wildman–Crippen LogP) is 1.51. The highest BCUT2D eigenvalue weighted by Crippen LogP contribution is 2.13. The summed E-state index contributed by atoms with van der Waals surface area (Å²) in [4.78, 5) is 21.8. The molecule has 0 spiro atoms. The van der Waals surface area contributed by atoms with E-state index in [1.54, 1.807) is 6.08 Å². The van der Waals surface area contributed by atoms with E-state index in [-0.39, 0.29) is 12.1 Å². The molecule has 1 N–H and O–H groups in total. The molecule has 0 radical (unpaired) electrons. The highest BCUT2D eigenvalue weighted by atomic mass is 16.6. The van der Waals surface area contributed by atoms with Gasteiger partial charge in [0.1, 0.15) is 12.2 Å². The van der Waals surface area contributed by atoms with Crippen LogP contribution in [0.15, 0.2) is 24.3 Å². The maximum Gasteiger partial charge on any atom is 0.331 e. The zero-order valence-corrected chi connectivity index (χ0v) is 11.2. The first-order valence-corrected chi connectivity index (χ1v) is 6.45. The Morgan fingerprint density at radius 1 is 1.58 bits per heavy atom. The summed E-state index contributed by atoms with van der Waals surface area (Å²) in [5, 5.41) is 9.82. The van der Waals surface area contributed by atoms with Crippen molar-refractivity contribution in [1.82, 2.24) is 0 Å². The second-order valence-corrected chi connectivity index (χ2v) is 4.43. The minimum absolute atomic E-state index is 0.354. The molecule has 5 nitrogen and oxygen atoms in total. The summed E-state index contributed by atoms with van der Waals surface area (Å²) in [6, 6.07) is 0. The van der Waals surface area contributed by atoms with Gasteiger partial charge in [0.05, 0.1) is 0 Å². The van der Waals surface area contributed by atoms with Gasteiger partial charge in [-0.3, -0.25) is 4.79 Å². The van der Waals surface area contributed by atoms with Crippen molar-refractivity contribution in [3.63, 3.8) is 0 Å². The highest BCUT2D eigenvalue weighted by Gasteiger charge is 2.23. The third kappa shape index (κ3) is 5.70. The first kappa shape index (κ1) is 15.4. The van der Waals surface area contributed by atoms with Gasteiger partial charge in [0.25, 0.3) is 0 Å². The average Bonchev–Trinajstić information content (AvgIpc) is 2.78. The second kappa shape index (κ2) is 7.74. The normalized spacial score (nSPS) is 21.4. The molecule has 0 aromatic rings. The van der Waals surface area contributed by atoms with Gasteiger partial charge < -0.3 is 14.6 Å². The van der Waals surface area contributed by atoms with Crippen molar-refractivity contribution in [2.75, 3.05) is 0 Å². The third-order valence-electron chi connectivity index (χ3n) is 2.69. The number of unbranched alkanes of at least 4 members (excludes halogenated alkanes) is 1. The molecule has 0 aromatic carbocycles. The SMILES string of the molecule is CCCC[C@@H](/C=C\[C@H](O)[C@@H]1C=CC(=O)O1)OC(C)=O. The molecule has 1 heterocycles. The summed E-state index contributed by atoms with van der Waals surface area (Å²) in [6.07, 6.45) is 6.61. The Labute approximate surface area is 112 Å². The van der Waals surface area contributed by atoms with E-state index in [4.69, 9.17) is 9.47 Å². The molecule has 0 bridgehead atoms. The van der Waals surface area contributed by atoms with Crippen LogP contribution in [-0.2, 0) is 19.1 Å². The van der Waals surface area contributed by atoms with Crippen molar-refractivity contribution < 1.29 is 24.2 Å². The molecule has 0 fully saturated rings. The van der Waals surface area contributed by atoms with E-state index in [2.05, 4.69) is 0 Å². The summed E-state index contributed by atoms with van der Waals surface area (Å²) >= 11 is 0. The number of esters is 2. The fourth-order valence-corrected chi connectivity index (χ4v) is 1.73. The topological polar surface area (TPSA) is 72.8 Å². The van der Waals surface area contributed by atoms with Crippen LogP contribution in [0.3, 0.4) is 0 Å². The largest absolute Gasteiger partial charge is 0.458 e. The minimum Gasteiger partial charge on any atom is -0.458 e. The van der Waals surface area contributed by atoms with Crippen molar-refractivity contribution in [2.24, 2.45) is 0 Å². The average molecular weight is 268 g/mol.